The van der Waals surface area contributed by atoms with Crippen LogP contribution in [0.1, 0.15) is 36.1 Å². The van der Waals surface area contributed by atoms with E-state index in [-0.39, 0.29) is 12.1 Å². The Labute approximate surface area is 140 Å². The summed E-state index contributed by atoms with van der Waals surface area (Å²) >= 11 is 0. The second-order valence-corrected chi connectivity index (χ2v) is 6.41. The summed E-state index contributed by atoms with van der Waals surface area (Å²) in [7, 11) is 3.89. The average Bonchev–Trinajstić information content (AvgIpc) is 3.01. The van der Waals surface area contributed by atoms with Gasteiger partial charge in [0.25, 0.3) is 0 Å². The SMILES string of the molecule is CN(C)c1nnc2ccc(OC3CCC(N)c4ccccc43)cn12. The van der Waals surface area contributed by atoms with Crippen molar-refractivity contribution in [2.24, 2.45) is 5.73 Å². The summed E-state index contributed by atoms with van der Waals surface area (Å²) in [6.45, 7) is 0. The molecular formula is C18H21N5O. The summed E-state index contributed by atoms with van der Waals surface area (Å²) in [5.41, 5.74) is 9.41. The van der Waals surface area contributed by atoms with Crippen molar-refractivity contribution in [2.45, 2.75) is 25.0 Å². The van der Waals surface area contributed by atoms with Gasteiger partial charge in [-0.2, -0.15) is 0 Å². The normalized spacial score (nSPS) is 20.0. The topological polar surface area (TPSA) is 68.7 Å². The van der Waals surface area contributed by atoms with Crippen LogP contribution < -0.4 is 15.4 Å². The number of nitrogens with two attached hydrogens (primary N) is 1. The zero-order valence-corrected chi connectivity index (χ0v) is 13.9. The van der Waals surface area contributed by atoms with Gasteiger partial charge in [0.15, 0.2) is 5.65 Å². The number of nitrogens with zero attached hydrogens (tertiary/aromatic N) is 4. The summed E-state index contributed by atoms with van der Waals surface area (Å²) < 4.78 is 8.23. The standard InChI is InChI=1S/C18H21N5O/c1-22(2)18-21-20-17-10-7-12(11-23(17)18)24-16-9-8-15(19)13-5-3-4-6-14(13)16/h3-7,10-11,15-16H,8-9,19H2,1-2H3. The van der Waals surface area contributed by atoms with Crippen LogP contribution in [-0.2, 0) is 0 Å². The molecule has 0 radical (unpaired) electrons. The van der Waals surface area contributed by atoms with Gasteiger partial charge in [0.05, 0.1) is 6.20 Å². The maximum Gasteiger partial charge on any atom is 0.231 e. The summed E-state index contributed by atoms with van der Waals surface area (Å²) in [5.74, 6) is 1.59. The van der Waals surface area contributed by atoms with Gasteiger partial charge in [-0.05, 0) is 36.1 Å². The predicted octanol–water partition coefficient (Wildman–Crippen LogP) is 2.71. The third kappa shape index (κ3) is 2.49. The van der Waals surface area contributed by atoms with Crippen LogP contribution in [0.2, 0.25) is 0 Å². The maximum atomic E-state index is 6.29. The molecule has 1 aromatic carbocycles. The number of ether oxygens (including phenoxy) is 1. The lowest BCUT2D eigenvalue weighted by atomic mass is 9.86. The van der Waals surface area contributed by atoms with Gasteiger partial charge < -0.3 is 15.4 Å². The van der Waals surface area contributed by atoms with E-state index in [1.54, 1.807) is 0 Å². The summed E-state index contributed by atoms with van der Waals surface area (Å²) in [6, 6.07) is 12.3. The molecule has 2 aromatic heterocycles. The van der Waals surface area contributed by atoms with Gasteiger partial charge in [-0.1, -0.05) is 24.3 Å². The number of benzene rings is 1. The molecule has 24 heavy (non-hydrogen) atoms. The van der Waals surface area contributed by atoms with Gasteiger partial charge in [-0.15, -0.1) is 10.2 Å². The van der Waals surface area contributed by atoms with Crippen LogP contribution in [0.4, 0.5) is 5.95 Å². The largest absolute Gasteiger partial charge is 0.484 e. The third-order valence-corrected chi connectivity index (χ3v) is 4.52. The van der Waals surface area contributed by atoms with E-state index >= 15 is 0 Å². The number of pyridine rings is 1. The molecule has 0 fully saturated rings. The molecule has 2 atom stereocenters. The number of rotatable bonds is 3. The highest BCUT2D eigenvalue weighted by Crippen LogP contribution is 2.37. The fourth-order valence-corrected chi connectivity index (χ4v) is 3.30. The van der Waals surface area contributed by atoms with Crippen LogP contribution in [0.3, 0.4) is 0 Å². The second kappa shape index (κ2) is 5.79. The lowest BCUT2D eigenvalue weighted by Gasteiger charge is -2.30. The first-order chi connectivity index (χ1) is 11.6. The van der Waals surface area contributed by atoms with Crippen molar-refractivity contribution >= 4 is 11.6 Å². The third-order valence-electron chi connectivity index (χ3n) is 4.52. The van der Waals surface area contributed by atoms with Crippen LogP contribution >= 0.6 is 0 Å². The molecule has 6 heteroatoms. The van der Waals surface area contributed by atoms with Gasteiger partial charge in [-0.3, -0.25) is 4.40 Å². The van der Waals surface area contributed by atoms with Crippen molar-refractivity contribution in [3.63, 3.8) is 0 Å². The molecule has 0 aliphatic heterocycles. The highest BCUT2D eigenvalue weighted by Gasteiger charge is 2.26. The van der Waals surface area contributed by atoms with E-state index in [0.717, 1.165) is 30.2 Å². The van der Waals surface area contributed by atoms with Crippen molar-refractivity contribution in [3.8, 4) is 5.75 Å². The van der Waals surface area contributed by atoms with Crippen LogP contribution in [0.25, 0.3) is 5.65 Å². The van der Waals surface area contributed by atoms with E-state index in [9.17, 15) is 0 Å². The summed E-state index contributed by atoms with van der Waals surface area (Å²) in [5, 5.41) is 8.37. The molecule has 0 spiro atoms. The first-order valence-corrected chi connectivity index (χ1v) is 8.16. The van der Waals surface area contributed by atoms with Crippen LogP contribution in [0.15, 0.2) is 42.6 Å². The summed E-state index contributed by atoms with van der Waals surface area (Å²) in [6.07, 6.45) is 3.82. The number of anilines is 1. The lowest BCUT2D eigenvalue weighted by molar-refractivity contribution is 0.176. The van der Waals surface area contributed by atoms with Crippen molar-refractivity contribution in [2.75, 3.05) is 19.0 Å². The predicted molar refractivity (Wildman–Crippen MR) is 93.3 cm³/mol. The first kappa shape index (κ1) is 15.0. The zero-order chi connectivity index (χ0) is 16.7. The van der Waals surface area contributed by atoms with Crippen molar-refractivity contribution < 1.29 is 4.74 Å². The zero-order valence-electron chi connectivity index (χ0n) is 13.9. The molecule has 2 heterocycles. The fraction of sp³-hybridized carbons (Fsp3) is 0.333. The molecule has 0 amide bonds. The molecule has 6 nitrogen and oxygen atoms in total. The molecule has 124 valence electrons. The van der Waals surface area contributed by atoms with Gasteiger partial charge in [0.2, 0.25) is 5.95 Å². The minimum Gasteiger partial charge on any atom is -0.484 e. The minimum atomic E-state index is 0.0257. The Balaban J connectivity index is 1.67. The monoisotopic (exact) mass is 323 g/mol. The molecule has 3 aromatic rings. The van der Waals surface area contributed by atoms with Gasteiger partial charge in [0, 0.05) is 20.1 Å². The van der Waals surface area contributed by atoms with Crippen molar-refractivity contribution in [3.05, 3.63) is 53.7 Å². The number of hydrogen-bond donors (Lipinski definition) is 1. The Morgan fingerprint density at radius 3 is 2.67 bits per heavy atom. The molecule has 1 aliphatic rings. The lowest BCUT2D eigenvalue weighted by Crippen LogP contribution is -2.23. The van der Waals surface area contributed by atoms with E-state index in [2.05, 4.69) is 22.3 Å². The Kier molecular flexibility index (Phi) is 3.61. The molecule has 1 aliphatic carbocycles. The molecular weight excluding hydrogens is 302 g/mol. The number of aromatic nitrogens is 3. The fourth-order valence-electron chi connectivity index (χ4n) is 3.30. The highest BCUT2D eigenvalue weighted by molar-refractivity contribution is 5.48. The second-order valence-electron chi connectivity index (χ2n) is 6.41. The molecule has 2 unspecified atom stereocenters. The molecule has 0 saturated heterocycles. The van der Waals surface area contributed by atoms with E-state index in [4.69, 9.17) is 10.5 Å². The molecule has 2 N–H and O–H groups in total. The van der Waals surface area contributed by atoms with Crippen LogP contribution in [0, 0.1) is 0 Å². The molecule has 0 saturated carbocycles. The Morgan fingerprint density at radius 1 is 1.08 bits per heavy atom. The Hall–Kier alpha value is -2.60. The Morgan fingerprint density at radius 2 is 1.88 bits per heavy atom. The van der Waals surface area contributed by atoms with Gasteiger partial charge in [-0.25, -0.2) is 0 Å². The molecule has 0 bridgehead atoms. The maximum absolute atomic E-state index is 6.29. The van der Waals surface area contributed by atoms with E-state index < -0.39 is 0 Å². The van der Waals surface area contributed by atoms with Crippen LogP contribution in [0.5, 0.6) is 5.75 Å². The quantitative estimate of drug-likeness (QED) is 0.802. The minimum absolute atomic E-state index is 0.0257. The highest BCUT2D eigenvalue weighted by atomic mass is 16.5. The van der Waals surface area contributed by atoms with E-state index in [1.807, 2.05) is 53.9 Å². The molecule has 4 rings (SSSR count). The number of hydrogen-bond acceptors (Lipinski definition) is 5. The van der Waals surface area contributed by atoms with E-state index in [0.29, 0.717) is 0 Å². The number of fused-ring (bicyclic) bond motifs is 2. The van der Waals surface area contributed by atoms with Crippen molar-refractivity contribution in [1.29, 1.82) is 0 Å². The van der Waals surface area contributed by atoms with Crippen LogP contribution in [-0.4, -0.2) is 28.7 Å². The van der Waals surface area contributed by atoms with E-state index in [1.165, 1.54) is 11.1 Å². The Bertz CT molecular complexity index is 873. The first-order valence-electron chi connectivity index (χ1n) is 8.16. The smallest absolute Gasteiger partial charge is 0.231 e. The van der Waals surface area contributed by atoms with Crippen molar-refractivity contribution in [1.82, 2.24) is 14.6 Å². The van der Waals surface area contributed by atoms with Gasteiger partial charge >= 0.3 is 0 Å². The summed E-state index contributed by atoms with van der Waals surface area (Å²) in [4.78, 5) is 1.93. The van der Waals surface area contributed by atoms with Gasteiger partial charge in [0.1, 0.15) is 11.9 Å². The average molecular weight is 323 g/mol.